The third kappa shape index (κ3) is 3.94. The average Bonchev–Trinajstić information content (AvgIpc) is 3.14. The fourth-order valence-electron chi connectivity index (χ4n) is 9.17. The minimum absolute atomic E-state index is 0.0148. The van der Waals surface area contributed by atoms with E-state index in [1.54, 1.807) is 5.57 Å². The van der Waals surface area contributed by atoms with Gasteiger partial charge in [-0.05, 0) is 125 Å². The van der Waals surface area contributed by atoms with Crippen LogP contribution in [0.3, 0.4) is 0 Å². The highest BCUT2D eigenvalue weighted by Crippen LogP contribution is 2.68. The van der Waals surface area contributed by atoms with Crippen LogP contribution in [0.25, 0.3) is 0 Å². The van der Waals surface area contributed by atoms with E-state index in [1.165, 1.54) is 64.2 Å². The zero-order valence-electron chi connectivity index (χ0n) is 22.6. The highest BCUT2D eigenvalue weighted by molar-refractivity contribution is 5.27. The Labute approximate surface area is 199 Å². The molecule has 32 heavy (non-hydrogen) atoms. The highest BCUT2D eigenvalue weighted by Gasteiger charge is 2.60. The van der Waals surface area contributed by atoms with Gasteiger partial charge in [-0.25, -0.2) is 0 Å². The van der Waals surface area contributed by atoms with Gasteiger partial charge in [0.05, 0.1) is 11.2 Å². The normalized spacial score (nSPS) is 44.9. The largest absolute Gasteiger partial charge is 0.379 e. The molecule has 4 aliphatic carbocycles. The van der Waals surface area contributed by atoms with Gasteiger partial charge in [-0.2, -0.15) is 0 Å². The molecular weight excluding hydrogens is 392 g/mol. The molecule has 184 valence electrons. The molecule has 0 aromatic rings. The van der Waals surface area contributed by atoms with Crippen molar-refractivity contribution in [3.63, 3.8) is 0 Å². The topological polar surface area (TPSA) is 18.5 Å². The molecule has 0 bridgehead atoms. The van der Waals surface area contributed by atoms with E-state index in [1.807, 2.05) is 14.2 Å². The second kappa shape index (κ2) is 8.71. The fraction of sp³-hybridized carbons (Fsp3) is 0.933. The van der Waals surface area contributed by atoms with Gasteiger partial charge in [0.1, 0.15) is 0 Å². The van der Waals surface area contributed by atoms with Gasteiger partial charge in [-0.15, -0.1) is 0 Å². The number of fused-ring (bicyclic) bond motifs is 5. The van der Waals surface area contributed by atoms with E-state index in [4.69, 9.17) is 9.47 Å². The molecular formula is C30H52O2. The lowest BCUT2D eigenvalue weighted by Crippen LogP contribution is -2.52. The summed E-state index contributed by atoms with van der Waals surface area (Å²) >= 11 is 0. The van der Waals surface area contributed by atoms with E-state index in [-0.39, 0.29) is 11.2 Å². The molecule has 2 heteroatoms. The first-order valence-corrected chi connectivity index (χ1v) is 13.8. The van der Waals surface area contributed by atoms with Crippen LogP contribution < -0.4 is 0 Å². The molecule has 2 nitrogen and oxygen atoms in total. The van der Waals surface area contributed by atoms with Crippen LogP contribution in [0.4, 0.5) is 0 Å². The van der Waals surface area contributed by atoms with E-state index in [0.29, 0.717) is 10.8 Å². The average molecular weight is 445 g/mol. The molecule has 0 amide bonds. The number of methoxy groups -OCH3 is 2. The molecule has 0 heterocycles. The minimum atomic E-state index is 0.0148. The fourth-order valence-corrected chi connectivity index (χ4v) is 9.17. The molecule has 3 fully saturated rings. The molecule has 0 aromatic heterocycles. The zero-order chi connectivity index (χ0) is 23.4. The maximum Gasteiger partial charge on any atom is 0.0713 e. The SMILES string of the molecule is CC[C@]1(OC)CC[C@@]2(C)C(=CC[C@H]3[C@@H]4CC[C@H]([C@H](C)CCC(C)(C)OC)[C@@]4(C)CC[C@@H]32)C1. The lowest BCUT2D eigenvalue weighted by atomic mass is 9.46. The van der Waals surface area contributed by atoms with Gasteiger partial charge in [-0.1, -0.05) is 39.3 Å². The number of rotatable bonds is 7. The van der Waals surface area contributed by atoms with Gasteiger partial charge in [-0.3, -0.25) is 0 Å². The van der Waals surface area contributed by atoms with Crippen molar-refractivity contribution in [2.75, 3.05) is 14.2 Å². The molecule has 0 aromatic carbocycles. The summed E-state index contributed by atoms with van der Waals surface area (Å²) in [5.74, 6) is 4.44. The number of hydrogen-bond donors (Lipinski definition) is 0. The van der Waals surface area contributed by atoms with Gasteiger partial charge in [0.15, 0.2) is 0 Å². The smallest absolute Gasteiger partial charge is 0.0713 e. The van der Waals surface area contributed by atoms with Crippen LogP contribution in [0.5, 0.6) is 0 Å². The summed E-state index contributed by atoms with van der Waals surface area (Å²) in [6.07, 6.45) is 17.2. The Morgan fingerprint density at radius 3 is 2.47 bits per heavy atom. The summed E-state index contributed by atoms with van der Waals surface area (Å²) in [7, 11) is 3.81. The summed E-state index contributed by atoms with van der Waals surface area (Å²) in [4.78, 5) is 0. The molecule has 4 rings (SSSR count). The Morgan fingerprint density at radius 2 is 1.81 bits per heavy atom. The van der Waals surface area contributed by atoms with Crippen molar-refractivity contribution in [2.24, 2.45) is 40.4 Å². The highest BCUT2D eigenvalue weighted by atomic mass is 16.5. The second-order valence-electron chi connectivity index (χ2n) is 13.4. The maximum atomic E-state index is 6.09. The Kier molecular flexibility index (Phi) is 6.74. The van der Waals surface area contributed by atoms with Crippen molar-refractivity contribution in [3.8, 4) is 0 Å². The van der Waals surface area contributed by atoms with E-state index in [0.717, 1.165) is 36.0 Å². The molecule has 0 spiro atoms. The van der Waals surface area contributed by atoms with E-state index >= 15 is 0 Å². The molecule has 0 aliphatic heterocycles. The third-order valence-electron chi connectivity index (χ3n) is 11.8. The molecule has 0 radical (unpaired) electrons. The second-order valence-corrected chi connectivity index (χ2v) is 13.4. The van der Waals surface area contributed by atoms with E-state index < -0.39 is 0 Å². The number of ether oxygens (including phenoxy) is 2. The molecule has 3 saturated carbocycles. The zero-order valence-corrected chi connectivity index (χ0v) is 22.6. The van der Waals surface area contributed by atoms with Crippen LogP contribution in [0.1, 0.15) is 112 Å². The predicted octanol–water partition coefficient (Wildman–Crippen LogP) is 8.20. The Morgan fingerprint density at radius 1 is 1.06 bits per heavy atom. The molecule has 0 N–H and O–H groups in total. The first kappa shape index (κ1) is 24.8. The predicted molar refractivity (Wildman–Crippen MR) is 135 cm³/mol. The van der Waals surface area contributed by atoms with Crippen LogP contribution in [-0.2, 0) is 9.47 Å². The lowest BCUT2D eigenvalue weighted by Gasteiger charge is -2.59. The van der Waals surface area contributed by atoms with Gasteiger partial charge >= 0.3 is 0 Å². The van der Waals surface area contributed by atoms with Crippen LogP contribution in [-0.4, -0.2) is 25.4 Å². The first-order chi connectivity index (χ1) is 15.0. The van der Waals surface area contributed by atoms with Gasteiger partial charge in [0.25, 0.3) is 0 Å². The third-order valence-corrected chi connectivity index (χ3v) is 11.8. The van der Waals surface area contributed by atoms with Gasteiger partial charge in [0.2, 0.25) is 0 Å². The quantitative estimate of drug-likeness (QED) is 0.368. The maximum absolute atomic E-state index is 6.09. The summed E-state index contributed by atoms with van der Waals surface area (Å²) in [5, 5.41) is 0. The van der Waals surface area contributed by atoms with Crippen molar-refractivity contribution in [2.45, 2.75) is 123 Å². The monoisotopic (exact) mass is 444 g/mol. The van der Waals surface area contributed by atoms with Crippen molar-refractivity contribution < 1.29 is 9.47 Å². The molecule has 0 saturated heterocycles. The molecule has 4 aliphatic rings. The van der Waals surface area contributed by atoms with Gasteiger partial charge < -0.3 is 9.47 Å². The lowest BCUT2D eigenvalue weighted by molar-refractivity contribution is -0.0885. The number of allylic oxidation sites excluding steroid dienone is 1. The van der Waals surface area contributed by atoms with Crippen molar-refractivity contribution in [3.05, 3.63) is 11.6 Å². The Hall–Kier alpha value is -0.340. The van der Waals surface area contributed by atoms with Crippen molar-refractivity contribution >= 4 is 0 Å². The molecule has 0 unspecified atom stereocenters. The summed E-state index contributed by atoms with van der Waals surface area (Å²) in [5.41, 5.74) is 2.84. The summed E-state index contributed by atoms with van der Waals surface area (Å²) in [6, 6.07) is 0. The standard InChI is InChI=1S/C30H52O2/c1-9-30(32-8)19-18-28(5)22(20-30)10-11-23-25-13-12-24(29(25,6)17-15-26(23)28)21(2)14-16-27(3,4)31-7/h10,21,23-26H,9,11-20H2,1-8H3/t21-,23+,24-,25+,26+,28+,29-,30+/m1/s1. The Balaban J connectivity index is 1.51. The van der Waals surface area contributed by atoms with Crippen molar-refractivity contribution in [1.82, 2.24) is 0 Å². The molecule has 8 atom stereocenters. The summed E-state index contributed by atoms with van der Waals surface area (Å²) < 4.78 is 11.8. The van der Waals surface area contributed by atoms with Crippen molar-refractivity contribution in [1.29, 1.82) is 0 Å². The van der Waals surface area contributed by atoms with Gasteiger partial charge in [0, 0.05) is 14.2 Å². The van der Waals surface area contributed by atoms with E-state index in [9.17, 15) is 0 Å². The van der Waals surface area contributed by atoms with Crippen LogP contribution in [0.15, 0.2) is 11.6 Å². The van der Waals surface area contributed by atoms with Crippen LogP contribution in [0.2, 0.25) is 0 Å². The minimum Gasteiger partial charge on any atom is -0.379 e. The van der Waals surface area contributed by atoms with Crippen LogP contribution in [0, 0.1) is 40.4 Å². The summed E-state index contributed by atoms with van der Waals surface area (Å²) in [6.45, 7) is 14.7. The van der Waals surface area contributed by atoms with Crippen LogP contribution >= 0.6 is 0 Å². The number of hydrogen-bond acceptors (Lipinski definition) is 2. The Bertz CT molecular complexity index is 704. The first-order valence-electron chi connectivity index (χ1n) is 13.8. The van der Waals surface area contributed by atoms with E-state index in [2.05, 4.69) is 47.6 Å².